The van der Waals surface area contributed by atoms with E-state index in [1.54, 1.807) is 0 Å². The second-order valence-corrected chi connectivity index (χ2v) is 3.61. The third-order valence-electron chi connectivity index (χ3n) is 1.91. The minimum absolute atomic E-state index is 0.448. The van der Waals surface area contributed by atoms with Gasteiger partial charge in [0.1, 0.15) is 6.61 Å². The number of thiocarbonyl (C=S) groups is 1. The van der Waals surface area contributed by atoms with E-state index >= 15 is 0 Å². The molecule has 0 unspecified atom stereocenters. The lowest BCUT2D eigenvalue weighted by atomic mass is 10.3. The Morgan fingerprint density at radius 2 is 2.07 bits per heavy atom. The van der Waals surface area contributed by atoms with Gasteiger partial charge >= 0.3 is 0 Å². The minimum Gasteiger partial charge on any atom is -0.469 e. The number of para-hydroxylation sites is 1. The SMILES string of the molecule is CCN(C(=S)OCCCl)c1ccccc1. The van der Waals surface area contributed by atoms with E-state index in [4.69, 9.17) is 28.6 Å². The molecular formula is C11H14ClNOS. The van der Waals surface area contributed by atoms with E-state index in [0.717, 1.165) is 12.2 Å². The Balaban J connectivity index is 2.67. The number of rotatable bonds is 4. The Kier molecular flexibility index (Phi) is 5.43. The van der Waals surface area contributed by atoms with Crippen molar-refractivity contribution < 1.29 is 4.74 Å². The third kappa shape index (κ3) is 3.68. The second-order valence-electron chi connectivity index (χ2n) is 2.88. The molecule has 1 rings (SSSR count). The van der Waals surface area contributed by atoms with Crippen LogP contribution in [-0.4, -0.2) is 24.2 Å². The van der Waals surface area contributed by atoms with Gasteiger partial charge in [-0.1, -0.05) is 18.2 Å². The zero-order chi connectivity index (χ0) is 11.1. The highest BCUT2D eigenvalue weighted by molar-refractivity contribution is 7.80. The van der Waals surface area contributed by atoms with Crippen LogP contribution < -0.4 is 4.90 Å². The molecule has 0 aromatic heterocycles. The number of alkyl halides is 1. The first-order chi connectivity index (χ1) is 7.29. The summed E-state index contributed by atoms with van der Waals surface area (Å²) in [4.78, 5) is 1.93. The van der Waals surface area contributed by atoms with Gasteiger partial charge in [0.15, 0.2) is 0 Å². The molecule has 4 heteroatoms. The predicted octanol–water partition coefficient (Wildman–Crippen LogP) is 3.05. The number of hydrogen-bond donors (Lipinski definition) is 0. The van der Waals surface area contributed by atoms with Crippen molar-refractivity contribution >= 4 is 34.7 Å². The van der Waals surface area contributed by atoms with E-state index in [0.29, 0.717) is 17.7 Å². The van der Waals surface area contributed by atoms with Crippen molar-refractivity contribution in [2.75, 3.05) is 23.9 Å². The van der Waals surface area contributed by atoms with Gasteiger partial charge in [0.05, 0.1) is 5.88 Å². The summed E-state index contributed by atoms with van der Waals surface area (Å²) in [6.07, 6.45) is 0. The number of anilines is 1. The number of benzene rings is 1. The van der Waals surface area contributed by atoms with Crippen LogP contribution in [0.3, 0.4) is 0 Å². The van der Waals surface area contributed by atoms with E-state index in [2.05, 4.69) is 0 Å². The van der Waals surface area contributed by atoms with Crippen LogP contribution in [-0.2, 0) is 4.74 Å². The topological polar surface area (TPSA) is 12.5 Å². The molecule has 0 aliphatic heterocycles. The van der Waals surface area contributed by atoms with Gasteiger partial charge in [-0.2, -0.15) is 0 Å². The van der Waals surface area contributed by atoms with Crippen LogP contribution in [0.4, 0.5) is 5.69 Å². The number of ether oxygens (including phenoxy) is 1. The zero-order valence-electron chi connectivity index (χ0n) is 8.65. The molecule has 0 aliphatic rings. The quantitative estimate of drug-likeness (QED) is 0.596. The highest BCUT2D eigenvalue weighted by Gasteiger charge is 2.09. The molecule has 0 saturated carbocycles. The Morgan fingerprint density at radius 1 is 1.40 bits per heavy atom. The largest absolute Gasteiger partial charge is 0.469 e. The average molecular weight is 244 g/mol. The van der Waals surface area contributed by atoms with Crippen LogP contribution in [0.1, 0.15) is 6.92 Å². The second kappa shape index (κ2) is 6.64. The molecule has 82 valence electrons. The maximum atomic E-state index is 5.54. The van der Waals surface area contributed by atoms with Crippen molar-refractivity contribution in [1.82, 2.24) is 0 Å². The number of hydrogen-bond acceptors (Lipinski definition) is 2. The van der Waals surface area contributed by atoms with Crippen LogP contribution in [0.25, 0.3) is 0 Å². The standard InChI is InChI=1S/C11H14ClNOS/c1-2-13(11(15)14-9-8-12)10-6-4-3-5-7-10/h3-7H,2,8-9H2,1H3. The molecule has 1 aromatic rings. The molecule has 0 N–H and O–H groups in total. The molecular weight excluding hydrogens is 230 g/mol. The molecule has 0 atom stereocenters. The smallest absolute Gasteiger partial charge is 0.263 e. The first kappa shape index (κ1) is 12.3. The summed E-state index contributed by atoms with van der Waals surface area (Å²) in [6.45, 7) is 3.26. The van der Waals surface area contributed by atoms with Gasteiger partial charge in [-0.15, -0.1) is 11.6 Å². The molecule has 0 bridgehead atoms. The lowest BCUT2D eigenvalue weighted by molar-refractivity contribution is 0.330. The summed E-state index contributed by atoms with van der Waals surface area (Å²) >= 11 is 10.7. The van der Waals surface area contributed by atoms with Gasteiger partial charge in [0.2, 0.25) is 0 Å². The highest BCUT2D eigenvalue weighted by atomic mass is 35.5. The molecule has 0 aliphatic carbocycles. The summed E-state index contributed by atoms with van der Waals surface area (Å²) in [7, 11) is 0. The highest BCUT2D eigenvalue weighted by Crippen LogP contribution is 2.14. The lowest BCUT2D eigenvalue weighted by Gasteiger charge is -2.22. The fourth-order valence-corrected chi connectivity index (χ4v) is 1.62. The first-order valence-corrected chi connectivity index (χ1v) is 5.79. The van der Waals surface area contributed by atoms with E-state index in [1.807, 2.05) is 42.2 Å². The number of nitrogens with zero attached hydrogens (tertiary/aromatic N) is 1. The zero-order valence-corrected chi connectivity index (χ0v) is 10.2. The van der Waals surface area contributed by atoms with Crippen molar-refractivity contribution in [3.05, 3.63) is 30.3 Å². The van der Waals surface area contributed by atoms with Gasteiger partial charge < -0.3 is 9.64 Å². The molecule has 0 amide bonds. The van der Waals surface area contributed by atoms with Gasteiger partial charge in [0.25, 0.3) is 5.17 Å². The minimum atomic E-state index is 0.448. The fraction of sp³-hybridized carbons (Fsp3) is 0.364. The average Bonchev–Trinajstić information content (AvgIpc) is 2.29. The Hall–Kier alpha value is -0.800. The van der Waals surface area contributed by atoms with E-state index < -0.39 is 0 Å². The normalized spacial score (nSPS) is 9.73. The molecule has 0 radical (unpaired) electrons. The summed E-state index contributed by atoms with van der Waals surface area (Å²) in [5, 5.41) is 0.476. The van der Waals surface area contributed by atoms with Gasteiger partial charge in [-0.25, -0.2) is 0 Å². The molecule has 0 saturated heterocycles. The molecule has 15 heavy (non-hydrogen) atoms. The van der Waals surface area contributed by atoms with Crippen LogP contribution in [0, 0.1) is 0 Å². The molecule has 1 aromatic carbocycles. The van der Waals surface area contributed by atoms with Crippen LogP contribution in [0.5, 0.6) is 0 Å². The van der Waals surface area contributed by atoms with Crippen LogP contribution in [0.15, 0.2) is 30.3 Å². The maximum absolute atomic E-state index is 5.54. The van der Waals surface area contributed by atoms with Gasteiger partial charge in [-0.3, -0.25) is 0 Å². The van der Waals surface area contributed by atoms with Crippen molar-refractivity contribution in [1.29, 1.82) is 0 Å². The summed E-state index contributed by atoms with van der Waals surface area (Å²) in [6, 6.07) is 9.92. The Labute approximate surface area is 101 Å². The third-order valence-corrected chi connectivity index (χ3v) is 2.40. The van der Waals surface area contributed by atoms with Crippen LogP contribution >= 0.6 is 23.8 Å². The van der Waals surface area contributed by atoms with Crippen molar-refractivity contribution in [2.45, 2.75) is 6.92 Å². The monoisotopic (exact) mass is 243 g/mol. The Bertz CT molecular complexity index is 305. The van der Waals surface area contributed by atoms with Gasteiger partial charge in [0, 0.05) is 12.2 Å². The Morgan fingerprint density at radius 3 is 2.60 bits per heavy atom. The molecule has 2 nitrogen and oxygen atoms in total. The lowest BCUT2D eigenvalue weighted by Crippen LogP contribution is -2.31. The summed E-state index contributed by atoms with van der Waals surface area (Å²) in [5.74, 6) is 0.451. The van der Waals surface area contributed by atoms with Gasteiger partial charge in [-0.05, 0) is 31.3 Å². The van der Waals surface area contributed by atoms with E-state index in [9.17, 15) is 0 Å². The van der Waals surface area contributed by atoms with Crippen LogP contribution in [0.2, 0.25) is 0 Å². The fourth-order valence-electron chi connectivity index (χ4n) is 1.23. The van der Waals surface area contributed by atoms with Crippen molar-refractivity contribution in [3.8, 4) is 0 Å². The molecule has 0 fully saturated rings. The maximum Gasteiger partial charge on any atom is 0.263 e. The van der Waals surface area contributed by atoms with E-state index in [1.165, 1.54) is 0 Å². The summed E-state index contributed by atoms with van der Waals surface area (Å²) < 4.78 is 5.32. The molecule has 0 spiro atoms. The first-order valence-electron chi connectivity index (χ1n) is 4.85. The van der Waals surface area contributed by atoms with Crippen molar-refractivity contribution in [2.24, 2.45) is 0 Å². The van der Waals surface area contributed by atoms with Crippen molar-refractivity contribution in [3.63, 3.8) is 0 Å². The predicted molar refractivity (Wildman–Crippen MR) is 68.7 cm³/mol. The molecule has 0 heterocycles. The summed E-state index contributed by atoms with van der Waals surface area (Å²) in [5.41, 5.74) is 1.04. The number of halogens is 1. The van der Waals surface area contributed by atoms with E-state index in [-0.39, 0.29) is 0 Å².